The highest BCUT2D eigenvalue weighted by Gasteiger charge is 2.19. The average Bonchev–Trinajstić information content (AvgIpc) is 3.01. The zero-order chi connectivity index (χ0) is 23.3. The smallest absolute Gasteiger partial charge is 0.331 e. The third-order valence-electron chi connectivity index (χ3n) is 4.38. The van der Waals surface area contributed by atoms with Crippen LogP contribution in [-0.4, -0.2) is 32.7 Å². The summed E-state index contributed by atoms with van der Waals surface area (Å²) in [6, 6.07) is 11.2. The Labute approximate surface area is 199 Å². The van der Waals surface area contributed by atoms with Gasteiger partial charge in [0.1, 0.15) is 5.15 Å². The van der Waals surface area contributed by atoms with Crippen LogP contribution in [0.5, 0.6) is 0 Å². The van der Waals surface area contributed by atoms with E-state index < -0.39 is 18.0 Å². The van der Waals surface area contributed by atoms with Gasteiger partial charge in [-0.1, -0.05) is 65.1 Å². The summed E-state index contributed by atoms with van der Waals surface area (Å²) >= 11 is 18.2. The molecule has 0 aliphatic rings. The number of carbonyl (C=O) groups excluding carboxylic acids is 2. The Morgan fingerprint density at radius 3 is 2.62 bits per heavy atom. The van der Waals surface area contributed by atoms with Crippen molar-refractivity contribution in [2.75, 3.05) is 5.32 Å². The number of benzene rings is 1. The van der Waals surface area contributed by atoms with Crippen molar-refractivity contribution in [2.24, 2.45) is 0 Å². The lowest BCUT2D eigenvalue weighted by Crippen LogP contribution is -2.29. The number of carbonyl (C=O) groups is 2. The van der Waals surface area contributed by atoms with Crippen LogP contribution in [0.15, 0.2) is 48.7 Å². The third kappa shape index (κ3) is 6.09. The minimum absolute atomic E-state index is 0.118. The summed E-state index contributed by atoms with van der Waals surface area (Å²) in [6.45, 7) is 3.72. The number of pyridine rings is 1. The SMILES string of the molecule is Cc1nn(Cc2ccccc2)c(Cl)c1C=CC(=O)OC(C)C(=O)Nc1ncc(Cl)cc1Cl. The first kappa shape index (κ1) is 23.8. The molecule has 7 nitrogen and oxygen atoms in total. The van der Waals surface area contributed by atoms with Crippen molar-refractivity contribution in [2.45, 2.75) is 26.5 Å². The number of nitrogens with one attached hydrogen (secondary N) is 1. The van der Waals surface area contributed by atoms with Crippen LogP contribution in [0.2, 0.25) is 15.2 Å². The molecule has 10 heteroatoms. The highest BCUT2D eigenvalue weighted by molar-refractivity contribution is 6.36. The first-order valence-corrected chi connectivity index (χ1v) is 10.7. The van der Waals surface area contributed by atoms with Gasteiger partial charge < -0.3 is 10.1 Å². The molecule has 32 heavy (non-hydrogen) atoms. The quantitative estimate of drug-likeness (QED) is 0.362. The first-order chi connectivity index (χ1) is 15.2. The second-order valence-corrected chi connectivity index (χ2v) is 8.02. The van der Waals surface area contributed by atoms with Crippen LogP contribution >= 0.6 is 34.8 Å². The standard InChI is InChI=1S/C22H19Cl3N4O3/c1-13-17(20(25)29(28-13)12-15-6-4-3-5-7-15)8-9-19(30)32-14(2)22(31)27-21-18(24)10-16(23)11-26-21/h3-11,14H,12H2,1-2H3,(H,26,27,31). The molecule has 2 heterocycles. The second-order valence-electron chi connectivity index (χ2n) is 6.82. The van der Waals surface area contributed by atoms with Crippen molar-refractivity contribution >= 4 is 58.6 Å². The third-order valence-corrected chi connectivity index (χ3v) is 5.28. The molecule has 1 unspecified atom stereocenters. The van der Waals surface area contributed by atoms with Crippen LogP contribution in [0.4, 0.5) is 5.82 Å². The number of halogens is 3. The summed E-state index contributed by atoms with van der Waals surface area (Å²) in [4.78, 5) is 28.4. The van der Waals surface area contributed by atoms with E-state index >= 15 is 0 Å². The van der Waals surface area contributed by atoms with Gasteiger partial charge in [-0.05, 0) is 31.6 Å². The number of esters is 1. The number of aryl methyl sites for hydroxylation is 1. The van der Waals surface area contributed by atoms with Gasteiger partial charge in [-0.2, -0.15) is 5.10 Å². The Morgan fingerprint density at radius 2 is 1.94 bits per heavy atom. The molecule has 1 atom stereocenters. The number of ether oxygens (including phenoxy) is 1. The van der Waals surface area contributed by atoms with E-state index in [9.17, 15) is 9.59 Å². The summed E-state index contributed by atoms with van der Waals surface area (Å²) in [5.41, 5.74) is 2.29. The van der Waals surface area contributed by atoms with Gasteiger partial charge in [0.05, 0.1) is 22.3 Å². The van der Waals surface area contributed by atoms with E-state index in [-0.39, 0.29) is 10.8 Å². The molecule has 1 amide bonds. The fourth-order valence-electron chi connectivity index (χ4n) is 2.76. The Kier molecular flexibility index (Phi) is 7.90. The summed E-state index contributed by atoms with van der Waals surface area (Å²) in [7, 11) is 0. The highest BCUT2D eigenvalue weighted by atomic mass is 35.5. The molecule has 0 fully saturated rings. The fraction of sp³-hybridized carbons (Fsp3) is 0.182. The summed E-state index contributed by atoms with van der Waals surface area (Å²) in [6.07, 6.45) is 2.96. The van der Waals surface area contributed by atoms with Crippen molar-refractivity contribution in [1.82, 2.24) is 14.8 Å². The second kappa shape index (κ2) is 10.6. The van der Waals surface area contributed by atoms with Crippen LogP contribution in [-0.2, 0) is 20.9 Å². The number of aromatic nitrogens is 3. The van der Waals surface area contributed by atoms with Crippen LogP contribution in [0, 0.1) is 6.92 Å². The zero-order valence-corrected chi connectivity index (χ0v) is 19.4. The van der Waals surface area contributed by atoms with E-state index in [2.05, 4.69) is 15.4 Å². The predicted molar refractivity (Wildman–Crippen MR) is 125 cm³/mol. The van der Waals surface area contributed by atoms with Gasteiger partial charge in [0.2, 0.25) is 0 Å². The van der Waals surface area contributed by atoms with Crippen LogP contribution in [0.3, 0.4) is 0 Å². The van der Waals surface area contributed by atoms with E-state index in [1.54, 1.807) is 11.6 Å². The number of anilines is 1. The molecule has 166 valence electrons. The largest absolute Gasteiger partial charge is 0.449 e. The number of rotatable bonds is 7. The number of amides is 1. The fourth-order valence-corrected chi connectivity index (χ4v) is 3.49. The van der Waals surface area contributed by atoms with E-state index in [1.165, 1.54) is 31.3 Å². The molecule has 0 aliphatic carbocycles. The molecule has 0 bridgehead atoms. The van der Waals surface area contributed by atoms with Crippen molar-refractivity contribution in [1.29, 1.82) is 0 Å². The normalized spacial score (nSPS) is 12.0. The average molecular weight is 494 g/mol. The molecule has 2 aromatic heterocycles. The van der Waals surface area contributed by atoms with Crippen LogP contribution in [0.1, 0.15) is 23.7 Å². The van der Waals surface area contributed by atoms with Gasteiger partial charge in [0, 0.05) is 17.8 Å². The molecular formula is C22H19Cl3N4O3. The first-order valence-electron chi connectivity index (χ1n) is 9.52. The Morgan fingerprint density at radius 1 is 1.22 bits per heavy atom. The summed E-state index contributed by atoms with van der Waals surface area (Å²) in [5.74, 6) is -1.19. The Balaban J connectivity index is 1.61. The lowest BCUT2D eigenvalue weighted by molar-refractivity contribution is -0.148. The molecule has 0 saturated carbocycles. The van der Waals surface area contributed by atoms with Gasteiger partial charge in [-0.15, -0.1) is 0 Å². The molecule has 3 rings (SSSR count). The zero-order valence-electron chi connectivity index (χ0n) is 17.2. The minimum Gasteiger partial charge on any atom is -0.449 e. The van der Waals surface area contributed by atoms with Crippen molar-refractivity contribution < 1.29 is 14.3 Å². The number of nitrogens with zero attached hydrogens (tertiary/aromatic N) is 3. The summed E-state index contributed by atoms with van der Waals surface area (Å²) < 4.78 is 6.80. The lowest BCUT2D eigenvalue weighted by atomic mass is 10.2. The molecule has 0 saturated heterocycles. The van der Waals surface area contributed by atoms with Gasteiger partial charge in [-0.25, -0.2) is 14.5 Å². The molecule has 0 radical (unpaired) electrons. The monoisotopic (exact) mass is 492 g/mol. The maximum Gasteiger partial charge on any atom is 0.331 e. The highest BCUT2D eigenvalue weighted by Crippen LogP contribution is 2.24. The van der Waals surface area contributed by atoms with E-state index in [0.717, 1.165) is 5.56 Å². The maximum absolute atomic E-state index is 12.3. The van der Waals surface area contributed by atoms with E-state index in [1.807, 2.05) is 30.3 Å². The molecule has 1 N–H and O–H groups in total. The van der Waals surface area contributed by atoms with Gasteiger partial charge in [0.25, 0.3) is 5.91 Å². The minimum atomic E-state index is -1.09. The lowest BCUT2D eigenvalue weighted by Gasteiger charge is -2.12. The number of hydrogen-bond donors (Lipinski definition) is 1. The van der Waals surface area contributed by atoms with Crippen LogP contribution in [0.25, 0.3) is 6.08 Å². The van der Waals surface area contributed by atoms with E-state index in [0.29, 0.717) is 28.0 Å². The molecule has 3 aromatic rings. The van der Waals surface area contributed by atoms with Crippen molar-refractivity contribution in [3.63, 3.8) is 0 Å². The van der Waals surface area contributed by atoms with Crippen molar-refractivity contribution in [3.8, 4) is 0 Å². The Bertz CT molecular complexity index is 1160. The van der Waals surface area contributed by atoms with Crippen molar-refractivity contribution in [3.05, 3.63) is 80.7 Å². The number of hydrogen-bond acceptors (Lipinski definition) is 5. The maximum atomic E-state index is 12.3. The van der Waals surface area contributed by atoms with E-state index in [4.69, 9.17) is 39.5 Å². The molecule has 0 aliphatic heterocycles. The van der Waals surface area contributed by atoms with Gasteiger partial charge in [0.15, 0.2) is 11.9 Å². The Hall–Kier alpha value is -2.87. The molecular weight excluding hydrogens is 475 g/mol. The molecule has 0 spiro atoms. The van der Waals surface area contributed by atoms with Gasteiger partial charge >= 0.3 is 5.97 Å². The predicted octanol–water partition coefficient (Wildman–Crippen LogP) is 5.18. The topological polar surface area (TPSA) is 86.1 Å². The summed E-state index contributed by atoms with van der Waals surface area (Å²) in [5, 5.41) is 7.80. The van der Waals surface area contributed by atoms with Gasteiger partial charge in [-0.3, -0.25) is 4.79 Å². The van der Waals surface area contributed by atoms with Crippen LogP contribution < -0.4 is 5.32 Å². The molecule has 1 aromatic carbocycles.